The smallest absolute Gasteiger partial charge is 0.318 e. The Morgan fingerprint density at radius 2 is 1.75 bits per heavy atom. The first kappa shape index (κ1) is 22.3. The molecule has 172 valence electrons. The third-order valence-corrected chi connectivity index (χ3v) is 6.04. The number of carbonyl (C=O) groups excluding carboxylic acids is 1. The standard InChI is InChI=1S/C22H27N5O3.C2H6/c1-22(2)12-29-17-18(22)25-19(13-4-6-14(7-5-13)24-21(28)23-3)26-20(17)27-10-15-8-9-16(11-27)30-15;1-2/h4-7,15-16H,8-12H2,1-3H3,(H2,23,24,28);1-2H3. The molecule has 2 fully saturated rings. The third-order valence-electron chi connectivity index (χ3n) is 6.04. The summed E-state index contributed by atoms with van der Waals surface area (Å²) in [4.78, 5) is 23.7. The largest absolute Gasteiger partial charge is 0.487 e. The lowest BCUT2D eigenvalue weighted by molar-refractivity contribution is 0.0300. The number of anilines is 2. The van der Waals surface area contributed by atoms with Crippen LogP contribution in [0.1, 0.15) is 46.2 Å². The first-order valence-corrected chi connectivity index (χ1v) is 11.5. The Labute approximate surface area is 189 Å². The van der Waals surface area contributed by atoms with E-state index < -0.39 is 0 Å². The number of rotatable bonds is 3. The Morgan fingerprint density at radius 3 is 2.38 bits per heavy atom. The maximum atomic E-state index is 11.5. The van der Waals surface area contributed by atoms with Gasteiger partial charge in [-0.1, -0.05) is 27.7 Å². The molecule has 1 aromatic carbocycles. The number of nitrogens with zero attached hydrogens (tertiary/aromatic N) is 3. The molecule has 2 amide bonds. The van der Waals surface area contributed by atoms with E-state index >= 15 is 0 Å². The molecule has 8 heteroatoms. The first-order valence-electron chi connectivity index (χ1n) is 11.5. The van der Waals surface area contributed by atoms with Gasteiger partial charge < -0.3 is 25.0 Å². The van der Waals surface area contributed by atoms with E-state index in [1.54, 1.807) is 7.05 Å². The fourth-order valence-corrected chi connectivity index (χ4v) is 4.38. The molecule has 1 aromatic heterocycles. The van der Waals surface area contributed by atoms with Crippen molar-refractivity contribution in [2.45, 2.75) is 58.2 Å². The number of carbonyl (C=O) groups is 1. The molecule has 0 saturated carbocycles. The number of hydrogen-bond acceptors (Lipinski definition) is 6. The molecule has 2 aromatic rings. The van der Waals surface area contributed by atoms with Crippen molar-refractivity contribution < 1.29 is 14.3 Å². The van der Waals surface area contributed by atoms with Gasteiger partial charge in [0.1, 0.15) is 0 Å². The molecule has 0 spiro atoms. The van der Waals surface area contributed by atoms with E-state index in [0.29, 0.717) is 18.1 Å². The Bertz CT molecular complexity index is 964. The van der Waals surface area contributed by atoms with Gasteiger partial charge in [-0.15, -0.1) is 0 Å². The Kier molecular flexibility index (Phi) is 6.24. The molecule has 5 rings (SSSR count). The van der Waals surface area contributed by atoms with Crippen LogP contribution < -0.4 is 20.3 Å². The maximum absolute atomic E-state index is 11.5. The highest BCUT2D eigenvalue weighted by molar-refractivity contribution is 5.89. The molecular formula is C24H33N5O3. The molecule has 0 aliphatic carbocycles. The predicted octanol–water partition coefficient (Wildman–Crippen LogP) is 3.96. The van der Waals surface area contributed by atoms with E-state index in [1.807, 2.05) is 38.1 Å². The predicted molar refractivity (Wildman–Crippen MR) is 126 cm³/mol. The zero-order chi connectivity index (χ0) is 22.9. The van der Waals surface area contributed by atoms with Crippen molar-refractivity contribution in [1.82, 2.24) is 15.3 Å². The molecule has 2 N–H and O–H groups in total. The van der Waals surface area contributed by atoms with Crippen LogP contribution in [-0.4, -0.2) is 55.0 Å². The molecule has 2 unspecified atom stereocenters. The summed E-state index contributed by atoms with van der Waals surface area (Å²) in [7, 11) is 1.59. The topological polar surface area (TPSA) is 88.6 Å². The van der Waals surface area contributed by atoms with Gasteiger partial charge in [-0.05, 0) is 37.1 Å². The number of benzene rings is 1. The van der Waals surface area contributed by atoms with Gasteiger partial charge in [0.05, 0.1) is 24.5 Å². The molecule has 2 bridgehead atoms. The van der Waals surface area contributed by atoms with Gasteiger partial charge in [-0.3, -0.25) is 0 Å². The van der Waals surface area contributed by atoms with Crippen LogP contribution in [0.4, 0.5) is 16.3 Å². The van der Waals surface area contributed by atoms with Gasteiger partial charge >= 0.3 is 6.03 Å². The third kappa shape index (κ3) is 4.24. The minimum atomic E-state index is -0.250. The van der Waals surface area contributed by atoms with Crippen molar-refractivity contribution >= 4 is 17.5 Å². The highest BCUT2D eigenvalue weighted by Gasteiger charge is 2.41. The van der Waals surface area contributed by atoms with E-state index in [9.17, 15) is 4.79 Å². The SMILES string of the molecule is CC.CNC(=O)Nc1ccc(-c2nc(N3CC4CCC(C3)O4)c3c(n2)C(C)(C)CO3)cc1. The summed E-state index contributed by atoms with van der Waals surface area (Å²) in [5.41, 5.74) is 2.40. The zero-order valence-corrected chi connectivity index (χ0v) is 19.6. The fraction of sp³-hybridized carbons (Fsp3) is 0.542. The summed E-state index contributed by atoms with van der Waals surface area (Å²) in [6.07, 6.45) is 2.74. The summed E-state index contributed by atoms with van der Waals surface area (Å²) < 4.78 is 12.1. The summed E-state index contributed by atoms with van der Waals surface area (Å²) in [5.74, 6) is 2.35. The van der Waals surface area contributed by atoms with Crippen LogP contribution in [0, 0.1) is 0 Å². The minimum absolute atomic E-state index is 0.173. The second-order valence-electron chi connectivity index (χ2n) is 8.87. The molecule has 2 saturated heterocycles. The van der Waals surface area contributed by atoms with Crippen molar-refractivity contribution in [2.24, 2.45) is 0 Å². The quantitative estimate of drug-likeness (QED) is 0.753. The maximum Gasteiger partial charge on any atom is 0.318 e. The van der Waals surface area contributed by atoms with Crippen molar-refractivity contribution in [3.63, 3.8) is 0 Å². The van der Waals surface area contributed by atoms with E-state index in [-0.39, 0.29) is 23.7 Å². The van der Waals surface area contributed by atoms with Crippen LogP contribution in [0.25, 0.3) is 11.4 Å². The lowest BCUT2D eigenvalue weighted by atomic mass is 9.91. The molecule has 3 aliphatic heterocycles. The summed E-state index contributed by atoms with van der Waals surface area (Å²) in [6, 6.07) is 7.33. The van der Waals surface area contributed by atoms with Crippen molar-refractivity contribution in [3.05, 3.63) is 30.0 Å². The second-order valence-corrected chi connectivity index (χ2v) is 8.87. The van der Waals surface area contributed by atoms with Crippen LogP contribution in [0.3, 0.4) is 0 Å². The van der Waals surface area contributed by atoms with Crippen LogP contribution in [0.15, 0.2) is 24.3 Å². The number of fused-ring (bicyclic) bond motifs is 3. The van der Waals surface area contributed by atoms with Gasteiger partial charge in [0, 0.05) is 36.8 Å². The lowest BCUT2D eigenvalue weighted by Crippen LogP contribution is -2.43. The van der Waals surface area contributed by atoms with Gasteiger partial charge in [0.2, 0.25) is 0 Å². The van der Waals surface area contributed by atoms with Gasteiger partial charge in [-0.25, -0.2) is 14.8 Å². The monoisotopic (exact) mass is 439 g/mol. The number of ether oxygens (including phenoxy) is 2. The van der Waals surface area contributed by atoms with E-state index in [2.05, 4.69) is 29.4 Å². The summed E-state index contributed by atoms with van der Waals surface area (Å²) in [5, 5.41) is 5.32. The lowest BCUT2D eigenvalue weighted by Gasteiger charge is -2.33. The summed E-state index contributed by atoms with van der Waals surface area (Å²) >= 11 is 0. The van der Waals surface area contributed by atoms with Crippen LogP contribution in [-0.2, 0) is 10.2 Å². The minimum Gasteiger partial charge on any atom is -0.487 e. The highest BCUT2D eigenvalue weighted by atomic mass is 16.5. The van der Waals surface area contributed by atoms with Crippen molar-refractivity contribution in [3.8, 4) is 17.1 Å². The normalized spacial score (nSPS) is 22.3. The Morgan fingerprint density at radius 1 is 1.09 bits per heavy atom. The van der Waals surface area contributed by atoms with E-state index in [0.717, 1.165) is 48.8 Å². The van der Waals surface area contributed by atoms with Crippen molar-refractivity contribution in [2.75, 3.05) is 37.0 Å². The molecule has 32 heavy (non-hydrogen) atoms. The molecule has 3 aliphatic rings. The molecule has 0 radical (unpaired) electrons. The van der Waals surface area contributed by atoms with E-state index in [4.69, 9.17) is 19.4 Å². The van der Waals surface area contributed by atoms with E-state index in [1.165, 1.54) is 0 Å². The molecule has 4 heterocycles. The summed E-state index contributed by atoms with van der Waals surface area (Å²) in [6.45, 7) is 10.6. The fourth-order valence-electron chi connectivity index (χ4n) is 4.38. The number of aromatic nitrogens is 2. The second kappa shape index (κ2) is 8.94. The number of nitrogens with one attached hydrogen (secondary N) is 2. The van der Waals surface area contributed by atoms with Crippen LogP contribution in [0.2, 0.25) is 0 Å². The number of hydrogen-bond donors (Lipinski definition) is 2. The van der Waals surface area contributed by atoms with Crippen LogP contribution in [0.5, 0.6) is 5.75 Å². The average molecular weight is 440 g/mol. The first-order chi connectivity index (χ1) is 15.4. The Hall–Kier alpha value is -2.87. The van der Waals surface area contributed by atoms with Gasteiger partial charge in [-0.2, -0.15) is 0 Å². The highest BCUT2D eigenvalue weighted by Crippen LogP contribution is 2.44. The van der Waals surface area contributed by atoms with Gasteiger partial charge in [0.15, 0.2) is 17.4 Å². The Balaban J connectivity index is 0.00000119. The molecule has 8 nitrogen and oxygen atoms in total. The molecular weight excluding hydrogens is 406 g/mol. The number of morpholine rings is 1. The number of amides is 2. The zero-order valence-electron chi connectivity index (χ0n) is 19.6. The molecule has 2 atom stereocenters. The number of urea groups is 1. The van der Waals surface area contributed by atoms with Crippen LogP contribution >= 0.6 is 0 Å². The van der Waals surface area contributed by atoms with Gasteiger partial charge in [0.25, 0.3) is 0 Å². The average Bonchev–Trinajstić information content (AvgIpc) is 3.32. The van der Waals surface area contributed by atoms with Crippen molar-refractivity contribution in [1.29, 1.82) is 0 Å².